The van der Waals surface area contributed by atoms with Crippen molar-refractivity contribution in [1.29, 1.82) is 0 Å². The van der Waals surface area contributed by atoms with E-state index in [9.17, 15) is 4.79 Å². The van der Waals surface area contributed by atoms with Gasteiger partial charge in [0.1, 0.15) is 12.0 Å². The fraction of sp³-hybridized carbons (Fsp3) is 0.320. The molecule has 4 aromatic rings. The molecule has 4 aromatic heterocycles. The first-order chi connectivity index (χ1) is 15.6. The highest BCUT2D eigenvalue weighted by Gasteiger charge is 2.26. The molecule has 5 rings (SSSR count). The van der Waals surface area contributed by atoms with Gasteiger partial charge in [-0.1, -0.05) is 6.07 Å². The van der Waals surface area contributed by atoms with Crippen LogP contribution in [0.2, 0.25) is 0 Å². The lowest BCUT2D eigenvalue weighted by atomic mass is 9.91. The number of piperidine rings is 1. The van der Waals surface area contributed by atoms with E-state index in [0.29, 0.717) is 12.3 Å². The number of hydrogen-bond donors (Lipinski definition) is 0. The topological polar surface area (TPSA) is 76.3 Å². The van der Waals surface area contributed by atoms with Gasteiger partial charge < -0.3 is 9.30 Å². The predicted molar refractivity (Wildman–Crippen MR) is 122 cm³/mol. The molecule has 0 spiro atoms. The van der Waals surface area contributed by atoms with Crippen LogP contribution < -0.4 is 0 Å². The number of imidazole rings is 1. The molecule has 0 unspecified atom stereocenters. The molecule has 0 aromatic carbocycles. The minimum atomic E-state index is 0.163. The van der Waals surface area contributed by atoms with Crippen LogP contribution in [0, 0.1) is 13.8 Å². The van der Waals surface area contributed by atoms with Gasteiger partial charge in [-0.05, 0) is 56.5 Å². The van der Waals surface area contributed by atoms with Gasteiger partial charge in [-0.15, -0.1) is 0 Å². The van der Waals surface area contributed by atoms with E-state index in [4.69, 9.17) is 4.98 Å². The number of pyridine rings is 2. The summed E-state index contributed by atoms with van der Waals surface area (Å²) in [5.41, 5.74) is 6.95. The summed E-state index contributed by atoms with van der Waals surface area (Å²) in [5, 5.41) is 0. The van der Waals surface area contributed by atoms with Crippen molar-refractivity contribution >= 4 is 11.6 Å². The summed E-state index contributed by atoms with van der Waals surface area (Å²) >= 11 is 0. The van der Waals surface area contributed by atoms with Crippen LogP contribution in [0.25, 0.3) is 16.8 Å². The first-order valence-corrected chi connectivity index (χ1v) is 11.0. The average molecular weight is 427 g/mol. The van der Waals surface area contributed by atoms with Crippen LogP contribution in [0.3, 0.4) is 0 Å². The molecule has 0 N–H and O–H groups in total. The highest BCUT2D eigenvalue weighted by Crippen LogP contribution is 2.30. The van der Waals surface area contributed by atoms with Gasteiger partial charge in [0, 0.05) is 54.5 Å². The first kappa shape index (κ1) is 20.3. The molecule has 7 heteroatoms. The Kier molecular flexibility index (Phi) is 5.39. The van der Waals surface area contributed by atoms with E-state index in [-0.39, 0.29) is 5.91 Å². The molecule has 0 saturated carbocycles. The van der Waals surface area contributed by atoms with Crippen molar-refractivity contribution in [3.05, 3.63) is 78.0 Å². The Morgan fingerprint density at radius 2 is 1.81 bits per heavy atom. The van der Waals surface area contributed by atoms with Crippen molar-refractivity contribution < 1.29 is 4.79 Å². The Bertz CT molecular complexity index is 1260. The summed E-state index contributed by atoms with van der Waals surface area (Å²) in [6, 6.07) is 10.1. The van der Waals surface area contributed by atoms with E-state index < -0.39 is 0 Å². The second-order valence-electron chi connectivity index (χ2n) is 8.45. The van der Waals surface area contributed by atoms with Gasteiger partial charge in [-0.2, -0.15) is 0 Å². The van der Waals surface area contributed by atoms with Crippen molar-refractivity contribution in [3.63, 3.8) is 0 Å². The van der Waals surface area contributed by atoms with Crippen LogP contribution in [0.4, 0.5) is 0 Å². The molecular weight excluding hydrogens is 400 g/mol. The van der Waals surface area contributed by atoms with Crippen LogP contribution >= 0.6 is 0 Å². The highest BCUT2D eigenvalue weighted by atomic mass is 16.2. The van der Waals surface area contributed by atoms with Gasteiger partial charge in [0.25, 0.3) is 0 Å². The number of aromatic nitrogens is 5. The van der Waals surface area contributed by atoms with Crippen molar-refractivity contribution in [2.75, 3.05) is 13.1 Å². The minimum Gasteiger partial charge on any atom is -0.342 e. The summed E-state index contributed by atoms with van der Waals surface area (Å²) in [5.74, 6) is 0.511. The van der Waals surface area contributed by atoms with Crippen LogP contribution in [0.15, 0.2) is 55.2 Å². The summed E-state index contributed by atoms with van der Waals surface area (Å²) < 4.78 is 2.02. The zero-order chi connectivity index (χ0) is 22.1. The first-order valence-electron chi connectivity index (χ1n) is 11.0. The molecule has 1 fully saturated rings. The number of likely N-dealkylation sites (tertiary alicyclic amines) is 1. The molecule has 5 heterocycles. The number of carbonyl (C=O) groups excluding carboxylic acids is 1. The van der Waals surface area contributed by atoms with Crippen molar-refractivity contribution in [1.82, 2.24) is 29.2 Å². The van der Waals surface area contributed by atoms with Crippen molar-refractivity contribution in [2.24, 2.45) is 0 Å². The quantitative estimate of drug-likeness (QED) is 0.497. The number of fused-ring (bicyclic) bond motifs is 1. The zero-order valence-corrected chi connectivity index (χ0v) is 18.4. The van der Waals surface area contributed by atoms with Crippen LogP contribution in [-0.4, -0.2) is 48.2 Å². The Balaban J connectivity index is 1.28. The lowest BCUT2D eigenvalue weighted by Crippen LogP contribution is -2.39. The van der Waals surface area contributed by atoms with Crippen LogP contribution in [-0.2, 0) is 11.2 Å². The summed E-state index contributed by atoms with van der Waals surface area (Å²) in [6.07, 6.45) is 9.38. The summed E-state index contributed by atoms with van der Waals surface area (Å²) in [6.45, 7) is 5.49. The molecule has 0 bridgehead atoms. The third kappa shape index (κ3) is 3.98. The molecule has 162 valence electrons. The standard InChI is InChI=1S/C25H26N6O/c1-17-11-20(21-14-26-16-27-15-21)12-22(28-17)19-6-9-30(10-7-19)25(32)13-23-18(2)29-24-5-3-4-8-31(23)24/h3-5,8,11-12,14-16,19H,6-7,9-10,13H2,1-2H3. The number of rotatable bonds is 4. The number of hydrogen-bond acceptors (Lipinski definition) is 5. The number of aryl methyl sites for hydroxylation is 2. The molecule has 1 aliphatic heterocycles. The third-order valence-corrected chi connectivity index (χ3v) is 6.28. The van der Waals surface area contributed by atoms with Gasteiger partial charge in [0.05, 0.1) is 17.8 Å². The van der Waals surface area contributed by atoms with E-state index >= 15 is 0 Å². The van der Waals surface area contributed by atoms with E-state index in [1.54, 1.807) is 6.33 Å². The predicted octanol–water partition coefficient (Wildman–Crippen LogP) is 3.75. The molecule has 0 aliphatic carbocycles. The van der Waals surface area contributed by atoms with E-state index in [1.807, 2.05) is 59.9 Å². The molecular formula is C25H26N6O. The van der Waals surface area contributed by atoms with Gasteiger partial charge in [-0.25, -0.2) is 15.0 Å². The molecule has 1 amide bonds. The van der Waals surface area contributed by atoms with E-state index in [1.165, 1.54) is 0 Å². The van der Waals surface area contributed by atoms with Gasteiger partial charge in [0.2, 0.25) is 5.91 Å². The Labute approximate surface area is 187 Å². The SMILES string of the molecule is Cc1cc(-c2cncnc2)cc(C2CCN(C(=O)Cc3c(C)nc4ccccn34)CC2)n1. The molecule has 1 aliphatic rings. The maximum Gasteiger partial charge on any atom is 0.228 e. The summed E-state index contributed by atoms with van der Waals surface area (Å²) in [4.78, 5) is 32.7. The lowest BCUT2D eigenvalue weighted by molar-refractivity contribution is -0.131. The number of nitrogens with zero attached hydrogens (tertiary/aromatic N) is 6. The van der Waals surface area contributed by atoms with Crippen LogP contribution in [0.1, 0.15) is 41.5 Å². The van der Waals surface area contributed by atoms with Crippen molar-refractivity contribution in [3.8, 4) is 11.1 Å². The zero-order valence-electron chi connectivity index (χ0n) is 18.4. The molecule has 1 saturated heterocycles. The second kappa shape index (κ2) is 8.49. The smallest absolute Gasteiger partial charge is 0.228 e. The average Bonchev–Trinajstić information content (AvgIpc) is 3.14. The van der Waals surface area contributed by atoms with E-state index in [2.05, 4.69) is 27.1 Å². The van der Waals surface area contributed by atoms with E-state index in [0.717, 1.165) is 65.5 Å². The van der Waals surface area contributed by atoms with Gasteiger partial charge >= 0.3 is 0 Å². The molecule has 0 radical (unpaired) electrons. The normalized spacial score (nSPS) is 14.8. The second-order valence-corrected chi connectivity index (χ2v) is 8.45. The van der Waals surface area contributed by atoms with Crippen LogP contribution in [0.5, 0.6) is 0 Å². The fourth-order valence-corrected chi connectivity index (χ4v) is 4.58. The Morgan fingerprint density at radius 3 is 2.59 bits per heavy atom. The Hall–Kier alpha value is -3.61. The number of amides is 1. The largest absolute Gasteiger partial charge is 0.342 e. The van der Waals surface area contributed by atoms with Gasteiger partial charge in [0.15, 0.2) is 0 Å². The minimum absolute atomic E-state index is 0.163. The number of carbonyl (C=O) groups is 1. The van der Waals surface area contributed by atoms with Gasteiger partial charge in [-0.3, -0.25) is 9.78 Å². The molecule has 0 atom stereocenters. The molecule has 7 nitrogen and oxygen atoms in total. The Morgan fingerprint density at radius 1 is 1.03 bits per heavy atom. The highest BCUT2D eigenvalue weighted by molar-refractivity contribution is 5.79. The monoisotopic (exact) mass is 426 g/mol. The maximum atomic E-state index is 13.1. The molecule has 32 heavy (non-hydrogen) atoms. The third-order valence-electron chi connectivity index (χ3n) is 6.28. The van der Waals surface area contributed by atoms with Crippen molar-refractivity contribution in [2.45, 2.75) is 39.0 Å². The summed E-state index contributed by atoms with van der Waals surface area (Å²) in [7, 11) is 0. The fourth-order valence-electron chi connectivity index (χ4n) is 4.58. The lowest BCUT2D eigenvalue weighted by Gasteiger charge is -2.32. The maximum absolute atomic E-state index is 13.1.